The number of pyridine rings is 1. The molecule has 5 heteroatoms. The van der Waals surface area contributed by atoms with Crippen LogP contribution >= 0.6 is 11.6 Å². The van der Waals surface area contributed by atoms with Crippen molar-refractivity contribution in [2.75, 3.05) is 13.1 Å². The van der Waals surface area contributed by atoms with Gasteiger partial charge < -0.3 is 10.5 Å². The third-order valence-electron chi connectivity index (χ3n) is 6.28. The molecule has 150 valence electrons. The van der Waals surface area contributed by atoms with E-state index in [1.54, 1.807) is 0 Å². The lowest BCUT2D eigenvalue weighted by molar-refractivity contribution is 0.0374. The number of aryl methyl sites for hydroxylation is 1. The average molecular weight is 408 g/mol. The lowest BCUT2D eigenvalue weighted by Gasteiger charge is -2.43. The van der Waals surface area contributed by atoms with Gasteiger partial charge in [0.05, 0.1) is 6.04 Å². The number of fused-ring (bicyclic) bond motifs is 2. The molecule has 2 aromatic carbocycles. The lowest BCUT2D eigenvalue weighted by atomic mass is 9.84. The zero-order valence-electron chi connectivity index (χ0n) is 16.4. The maximum Gasteiger partial charge on any atom is 0.146 e. The highest BCUT2D eigenvalue weighted by molar-refractivity contribution is 6.29. The smallest absolute Gasteiger partial charge is 0.146 e. The fraction of sp³-hybridized carbons (Fsp3) is 0.375. The molecule has 1 aliphatic carbocycles. The van der Waals surface area contributed by atoms with Crippen LogP contribution in [0.25, 0.3) is 10.9 Å². The normalized spacial score (nSPS) is 25.0. The van der Waals surface area contributed by atoms with Crippen LogP contribution < -0.4 is 10.5 Å². The van der Waals surface area contributed by atoms with Crippen molar-refractivity contribution in [1.82, 2.24) is 9.88 Å². The molecule has 2 aliphatic rings. The highest BCUT2D eigenvalue weighted by Crippen LogP contribution is 2.39. The Balaban J connectivity index is 1.55. The molecular weight excluding hydrogens is 382 g/mol. The summed E-state index contributed by atoms with van der Waals surface area (Å²) < 4.78 is 6.75. The number of benzene rings is 2. The van der Waals surface area contributed by atoms with E-state index in [1.807, 2.05) is 30.3 Å². The number of nitrogens with zero attached hydrogens (tertiary/aromatic N) is 2. The van der Waals surface area contributed by atoms with Crippen molar-refractivity contribution in [2.24, 2.45) is 5.73 Å². The van der Waals surface area contributed by atoms with E-state index < -0.39 is 0 Å². The molecule has 0 radical (unpaired) electrons. The van der Waals surface area contributed by atoms with Crippen LogP contribution in [0.4, 0.5) is 0 Å². The number of likely N-dealkylation sites (tertiary alicyclic amines) is 1. The summed E-state index contributed by atoms with van der Waals surface area (Å²) >= 11 is 6.19. The van der Waals surface area contributed by atoms with Gasteiger partial charge in [0.2, 0.25) is 0 Å². The van der Waals surface area contributed by atoms with Gasteiger partial charge in [-0.3, -0.25) is 4.90 Å². The molecule has 0 unspecified atom stereocenters. The molecule has 1 saturated heterocycles. The van der Waals surface area contributed by atoms with Crippen LogP contribution in [0.5, 0.6) is 5.75 Å². The molecule has 1 aliphatic heterocycles. The first kappa shape index (κ1) is 18.9. The summed E-state index contributed by atoms with van der Waals surface area (Å²) in [5.41, 5.74) is 9.78. The van der Waals surface area contributed by atoms with Crippen LogP contribution in [0.1, 0.15) is 36.5 Å². The van der Waals surface area contributed by atoms with Crippen LogP contribution in [0.2, 0.25) is 5.15 Å². The standard InChI is InChI=1S/C24H26ClN3O/c25-22-13-11-17-6-3-9-21(23(17)27-22)29-24-19-8-2-1-5-16(19)10-12-20(24)28-14-4-7-18(26)15-28/h1-3,5-6,8-9,11,13,18,20,24H,4,7,10,12,14-15,26H2/t18-,20+,24+/m1/s1. The van der Waals surface area contributed by atoms with Crippen LogP contribution in [0.15, 0.2) is 54.6 Å². The van der Waals surface area contributed by atoms with E-state index in [-0.39, 0.29) is 12.1 Å². The van der Waals surface area contributed by atoms with E-state index in [0.29, 0.717) is 11.2 Å². The first-order valence-electron chi connectivity index (χ1n) is 10.5. The third kappa shape index (κ3) is 3.73. The van der Waals surface area contributed by atoms with Gasteiger partial charge in [0.1, 0.15) is 22.5 Å². The highest BCUT2D eigenvalue weighted by Gasteiger charge is 2.37. The second-order valence-corrected chi connectivity index (χ2v) is 8.59. The number of ether oxygens (including phenoxy) is 1. The molecule has 0 amide bonds. The molecule has 1 aromatic heterocycles. The second kappa shape index (κ2) is 7.94. The first-order valence-corrected chi connectivity index (χ1v) is 10.9. The van der Waals surface area contributed by atoms with E-state index in [0.717, 1.165) is 55.4 Å². The molecule has 0 bridgehead atoms. The molecule has 4 nitrogen and oxygen atoms in total. The fourth-order valence-corrected chi connectivity index (χ4v) is 5.03. The van der Waals surface area contributed by atoms with E-state index in [9.17, 15) is 0 Å². The van der Waals surface area contributed by atoms with Gasteiger partial charge in [-0.2, -0.15) is 0 Å². The van der Waals surface area contributed by atoms with Crippen LogP contribution in [0, 0.1) is 0 Å². The summed E-state index contributed by atoms with van der Waals surface area (Å²) in [6.45, 7) is 2.02. The summed E-state index contributed by atoms with van der Waals surface area (Å²) in [7, 11) is 0. The molecule has 2 heterocycles. The minimum Gasteiger partial charge on any atom is -0.482 e. The zero-order chi connectivity index (χ0) is 19.8. The summed E-state index contributed by atoms with van der Waals surface area (Å²) in [5.74, 6) is 0.790. The van der Waals surface area contributed by atoms with Gasteiger partial charge in [-0.1, -0.05) is 48.0 Å². The quantitative estimate of drug-likeness (QED) is 0.637. The molecule has 3 atom stereocenters. The number of para-hydroxylation sites is 1. The number of halogens is 1. The highest BCUT2D eigenvalue weighted by atomic mass is 35.5. The van der Waals surface area contributed by atoms with Gasteiger partial charge in [0.25, 0.3) is 0 Å². The van der Waals surface area contributed by atoms with E-state index in [2.05, 4.69) is 34.1 Å². The molecular formula is C24H26ClN3O. The Bertz CT molecular complexity index is 1020. The Morgan fingerprint density at radius 1 is 1.03 bits per heavy atom. The maximum absolute atomic E-state index is 6.75. The largest absolute Gasteiger partial charge is 0.482 e. The predicted molar refractivity (Wildman–Crippen MR) is 117 cm³/mol. The second-order valence-electron chi connectivity index (χ2n) is 8.20. The molecule has 29 heavy (non-hydrogen) atoms. The summed E-state index contributed by atoms with van der Waals surface area (Å²) in [6, 6.07) is 19.1. The molecule has 5 rings (SSSR count). The molecule has 3 aromatic rings. The minimum atomic E-state index is -0.0448. The van der Waals surface area contributed by atoms with Gasteiger partial charge in [-0.15, -0.1) is 0 Å². The fourth-order valence-electron chi connectivity index (χ4n) is 4.89. The van der Waals surface area contributed by atoms with Crippen molar-refractivity contribution in [3.63, 3.8) is 0 Å². The van der Waals surface area contributed by atoms with Gasteiger partial charge in [0.15, 0.2) is 0 Å². The molecule has 1 fully saturated rings. The van der Waals surface area contributed by atoms with E-state index in [1.165, 1.54) is 11.1 Å². The summed E-state index contributed by atoms with van der Waals surface area (Å²) in [6.07, 6.45) is 4.37. The van der Waals surface area contributed by atoms with Crippen molar-refractivity contribution >= 4 is 22.5 Å². The predicted octanol–water partition coefficient (Wildman–Crippen LogP) is 4.75. The zero-order valence-corrected chi connectivity index (χ0v) is 17.2. The van der Waals surface area contributed by atoms with Crippen molar-refractivity contribution < 1.29 is 4.74 Å². The first-order chi connectivity index (χ1) is 14.2. The van der Waals surface area contributed by atoms with Crippen molar-refractivity contribution in [2.45, 2.75) is 43.9 Å². The Hall–Kier alpha value is -2.14. The van der Waals surface area contributed by atoms with Crippen LogP contribution in [-0.2, 0) is 6.42 Å². The number of nitrogens with two attached hydrogens (primary N) is 1. The van der Waals surface area contributed by atoms with Gasteiger partial charge in [-0.05, 0) is 61.6 Å². The van der Waals surface area contributed by atoms with E-state index >= 15 is 0 Å². The Morgan fingerprint density at radius 2 is 1.93 bits per heavy atom. The summed E-state index contributed by atoms with van der Waals surface area (Å²) in [5, 5.41) is 1.52. The summed E-state index contributed by atoms with van der Waals surface area (Å²) in [4.78, 5) is 7.10. The van der Waals surface area contributed by atoms with Gasteiger partial charge >= 0.3 is 0 Å². The van der Waals surface area contributed by atoms with Crippen LogP contribution in [-0.4, -0.2) is 35.1 Å². The lowest BCUT2D eigenvalue weighted by Crippen LogP contribution is -2.51. The van der Waals surface area contributed by atoms with Crippen molar-refractivity contribution in [1.29, 1.82) is 0 Å². The average Bonchev–Trinajstić information content (AvgIpc) is 2.74. The number of hydrogen-bond acceptors (Lipinski definition) is 4. The topological polar surface area (TPSA) is 51.4 Å². The molecule has 0 spiro atoms. The monoisotopic (exact) mass is 407 g/mol. The SMILES string of the molecule is N[C@@H]1CCCN([C@H]2CCc3ccccc3[C@@H]2Oc2cccc3ccc(Cl)nc23)C1. The van der Waals surface area contributed by atoms with Gasteiger partial charge in [0, 0.05) is 18.0 Å². The van der Waals surface area contributed by atoms with Crippen LogP contribution in [0.3, 0.4) is 0 Å². The third-order valence-corrected chi connectivity index (χ3v) is 6.49. The van der Waals surface area contributed by atoms with Gasteiger partial charge in [-0.25, -0.2) is 4.98 Å². The number of aromatic nitrogens is 1. The number of rotatable bonds is 3. The Labute approximate surface area is 176 Å². The Morgan fingerprint density at radius 3 is 2.83 bits per heavy atom. The maximum atomic E-state index is 6.75. The number of piperidine rings is 1. The van der Waals surface area contributed by atoms with Crippen molar-refractivity contribution in [3.05, 3.63) is 70.9 Å². The molecule has 2 N–H and O–H groups in total. The Kier molecular flexibility index (Phi) is 5.17. The van der Waals surface area contributed by atoms with Crippen molar-refractivity contribution in [3.8, 4) is 5.75 Å². The van der Waals surface area contributed by atoms with E-state index in [4.69, 9.17) is 22.1 Å². The number of hydrogen-bond donors (Lipinski definition) is 1. The molecule has 0 saturated carbocycles. The minimum absolute atomic E-state index is 0.0448.